The van der Waals surface area contributed by atoms with Crippen LogP contribution in [0.4, 0.5) is 23.7 Å². The molecule has 7 nitrogen and oxygen atoms in total. The topological polar surface area (TPSA) is 53.5 Å². The van der Waals surface area contributed by atoms with Gasteiger partial charge in [0.05, 0.1) is 11.6 Å². The minimum absolute atomic E-state index is 0.235. The number of hydrazine groups is 1. The number of amides is 2. The summed E-state index contributed by atoms with van der Waals surface area (Å²) in [5, 5.41) is 13.0. The predicted octanol–water partition coefficient (Wildman–Crippen LogP) is 4.59. The number of nitrogens with zero attached hydrogens (tertiary/aromatic N) is 5. The van der Waals surface area contributed by atoms with E-state index in [2.05, 4.69) is 4.90 Å². The molecule has 2 aromatic carbocycles. The van der Waals surface area contributed by atoms with Gasteiger partial charge in [-0.3, -0.25) is 10.1 Å². The van der Waals surface area contributed by atoms with Crippen molar-refractivity contribution in [3.05, 3.63) is 64.7 Å². The first-order chi connectivity index (χ1) is 16.6. The molecule has 11 heteroatoms. The van der Waals surface area contributed by atoms with Crippen LogP contribution in [0.15, 0.2) is 48.5 Å². The van der Waals surface area contributed by atoms with Crippen LogP contribution in [0, 0.1) is 0 Å². The number of carbonyl (C=O) groups excluding carboxylic acids is 1. The van der Waals surface area contributed by atoms with E-state index in [1.165, 1.54) is 6.07 Å². The third-order valence-electron chi connectivity index (χ3n) is 6.55. The zero-order valence-corrected chi connectivity index (χ0v) is 20.2. The molecule has 0 aliphatic carbocycles. The van der Waals surface area contributed by atoms with Gasteiger partial charge in [-0.15, -0.1) is 5.17 Å². The van der Waals surface area contributed by atoms with Crippen molar-refractivity contribution >= 4 is 23.3 Å². The van der Waals surface area contributed by atoms with Crippen LogP contribution in [0.3, 0.4) is 0 Å². The molecule has 0 bridgehead atoms. The number of hydrogen-bond acceptors (Lipinski definition) is 5. The van der Waals surface area contributed by atoms with Crippen LogP contribution in [0.5, 0.6) is 0 Å². The summed E-state index contributed by atoms with van der Waals surface area (Å²) in [6.45, 7) is 4.65. The number of benzene rings is 2. The van der Waals surface area contributed by atoms with Gasteiger partial charge >= 0.3 is 12.2 Å². The van der Waals surface area contributed by atoms with E-state index in [1.807, 2.05) is 5.01 Å². The van der Waals surface area contributed by atoms with E-state index in [4.69, 9.17) is 11.6 Å². The van der Waals surface area contributed by atoms with Gasteiger partial charge in [0, 0.05) is 57.0 Å². The summed E-state index contributed by atoms with van der Waals surface area (Å²) in [5.41, 5.74) is 0.299. The number of alkyl halides is 3. The van der Waals surface area contributed by atoms with E-state index in [0.717, 1.165) is 56.4 Å². The maximum atomic E-state index is 13.4. The van der Waals surface area contributed by atoms with Gasteiger partial charge in [0.25, 0.3) is 0 Å². The Labute approximate surface area is 207 Å². The molecule has 0 spiro atoms. The summed E-state index contributed by atoms with van der Waals surface area (Å²) < 4.78 is 40.1. The average Bonchev–Trinajstić information content (AvgIpc) is 3.15. The summed E-state index contributed by atoms with van der Waals surface area (Å²) in [7, 11) is 1.60. The Hall–Kier alpha value is -2.37. The van der Waals surface area contributed by atoms with Crippen LogP contribution in [0.2, 0.25) is 5.02 Å². The second-order valence-electron chi connectivity index (χ2n) is 8.85. The first kappa shape index (κ1) is 25.7. The fraction of sp³-hybridized carbons (Fsp3) is 0.458. The highest BCUT2D eigenvalue weighted by Crippen LogP contribution is 2.37. The van der Waals surface area contributed by atoms with Gasteiger partial charge in [-0.05, 0) is 54.9 Å². The molecule has 2 aromatic rings. The fourth-order valence-electron chi connectivity index (χ4n) is 4.65. The lowest BCUT2D eigenvalue weighted by atomic mass is 10.0. The molecular weight excluding hydrogens is 483 g/mol. The number of piperazine rings is 1. The number of carbonyl (C=O) groups is 1. The summed E-state index contributed by atoms with van der Waals surface area (Å²) >= 11 is 6.01. The number of anilines is 1. The normalized spacial score (nSPS) is 20.3. The number of hydrogen-bond donors (Lipinski definition) is 1. The van der Waals surface area contributed by atoms with E-state index in [9.17, 15) is 23.2 Å². The van der Waals surface area contributed by atoms with Crippen LogP contribution in [0.1, 0.15) is 23.6 Å². The van der Waals surface area contributed by atoms with Crippen molar-refractivity contribution in [2.24, 2.45) is 0 Å². The quantitative estimate of drug-likeness (QED) is 0.551. The molecule has 2 amide bonds. The molecule has 2 saturated heterocycles. The first-order valence-electron chi connectivity index (χ1n) is 11.5. The Morgan fingerprint density at radius 1 is 1.06 bits per heavy atom. The van der Waals surface area contributed by atoms with Crippen molar-refractivity contribution < 1.29 is 23.2 Å². The molecule has 35 heavy (non-hydrogen) atoms. The van der Waals surface area contributed by atoms with Crippen LogP contribution >= 0.6 is 11.6 Å². The Morgan fingerprint density at radius 3 is 2.37 bits per heavy atom. The molecule has 0 saturated carbocycles. The smallest absolute Gasteiger partial charge is 0.322 e. The first-order valence-corrected chi connectivity index (χ1v) is 11.9. The number of urea groups is 1. The van der Waals surface area contributed by atoms with Gasteiger partial charge < -0.3 is 9.80 Å². The lowest BCUT2D eigenvalue weighted by Gasteiger charge is -2.36. The van der Waals surface area contributed by atoms with E-state index in [-0.39, 0.29) is 6.03 Å². The van der Waals surface area contributed by atoms with Gasteiger partial charge in [-0.2, -0.15) is 13.2 Å². The third kappa shape index (κ3) is 6.07. The summed E-state index contributed by atoms with van der Waals surface area (Å²) in [6, 6.07) is 11.2. The molecule has 0 aromatic heterocycles. The molecule has 2 aliphatic rings. The Bertz CT molecular complexity index is 1010. The van der Waals surface area contributed by atoms with Gasteiger partial charge in [0.1, 0.15) is 0 Å². The number of halogens is 4. The molecule has 2 fully saturated rings. The Balaban J connectivity index is 1.47. The molecular formula is C24H29ClF3N5O2. The van der Waals surface area contributed by atoms with Crippen LogP contribution in [-0.4, -0.2) is 84.1 Å². The zero-order valence-electron chi connectivity index (χ0n) is 19.5. The number of hydroxylamine groups is 1. The van der Waals surface area contributed by atoms with Crippen molar-refractivity contribution in [2.75, 3.05) is 57.8 Å². The fourth-order valence-corrected chi connectivity index (χ4v) is 4.77. The van der Waals surface area contributed by atoms with Crippen molar-refractivity contribution in [1.29, 1.82) is 0 Å². The van der Waals surface area contributed by atoms with E-state index < -0.39 is 17.8 Å². The molecule has 1 atom stereocenters. The molecule has 2 aliphatic heterocycles. The molecule has 0 unspecified atom stereocenters. The largest absolute Gasteiger partial charge is 0.416 e. The highest BCUT2D eigenvalue weighted by atomic mass is 35.5. The Morgan fingerprint density at radius 2 is 1.74 bits per heavy atom. The van der Waals surface area contributed by atoms with Crippen molar-refractivity contribution in [3.8, 4) is 0 Å². The second-order valence-corrected chi connectivity index (χ2v) is 9.29. The maximum absolute atomic E-state index is 13.4. The van der Waals surface area contributed by atoms with Crippen molar-refractivity contribution in [2.45, 2.75) is 18.6 Å². The summed E-state index contributed by atoms with van der Waals surface area (Å²) in [4.78, 5) is 18.9. The SMILES string of the molecule is CN(O)N1CCN(CCCN2C[C@H](c3cccc(C(F)(F)F)c3)N(c3ccc(Cl)cc3)C2=O)CC1. The lowest BCUT2D eigenvalue weighted by Crippen LogP contribution is -2.51. The van der Waals surface area contributed by atoms with Crippen LogP contribution in [-0.2, 0) is 6.18 Å². The standard InChI is InChI=1S/C24H29ClF3N5O2/c1-29(35)32-14-12-30(13-15-32)10-3-11-31-17-22(18-4-2-5-19(16-18)24(26,27)28)33(23(31)34)21-8-6-20(25)7-9-21/h2,4-9,16,22,35H,3,10-15,17H2,1H3/t22-/m1/s1. The van der Waals surface area contributed by atoms with Gasteiger partial charge in [-0.25, -0.2) is 9.80 Å². The number of rotatable bonds is 7. The van der Waals surface area contributed by atoms with Crippen LogP contribution < -0.4 is 4.90 Å². The van der Waals surface area contributed by atoms with Gasteiger partial charge in [0.2, 0.25) is 0 Å². The highest BCUT2D eigenvalue weighted by Gasteiger charge is 2.40. The molecule has 2 heterocycles. The Kier molecular flexibility index (Phi) is 7.87. The summed E-state index contributed by atoms with van der Waals surface area (Å²) in [6.07, 6.45) is -3.72. The maximum Gasteiger partial charge on any atom is 0.416 e. The zero-order chi connectivity index (χ0) is 25.2. The minimum atomic E-state index is -4.46. The van der Waals surface area contributed by atoms with Gasteiger partial charge in [-0.1, -0.05) is 23.7 Å². The summed E-state index contributed by atoms with van der Waals surface area (Å²) in [5.74, 6) is 0. The molecule has 0 radical (unpaired) electrons. The predicted molar refractivity (Wildman–Crippen MR) is 127 cm³/mol. The monoisotopic (exact) mass is 511 g/mol. The minimum Gasteiger partial charge on any atom is -0.322 e. The second kappa shape index (κ2) is 10.7. The van der Waals surface area contributed by atoms with Gasteiger partial charge in [0.15, 0.2) is 0 Å². The van der Waals surface area contributed by atoms with E-state index >= 15 is 0 Å². The molecule has 4 rings (SSSR count). The van der Waals surface area contributed by atoms with E-state index in [1.54, 1.807) is 47.2 Å². The third-order valence-corrected chi connectivity index (χ3v) is 6.80. The molecule has 1 N–H and O–H groups in total. The van der Waals surface area contributed by atoms with Crippen molar-refractivity contribution in [1.82, 2.24) is 20.0 Å². The lowest BCUT2D eigenvalue weighted by molar-refractivity contribution is -0.235. The average molecular weight is 512 g/mol. The molecule has 190 valence electrons. The highest BCUT2D eigenvalue weighted by molar-refractivity contribution is 6.30. The van der Waals surface area contributed by atoms with E-state index in [0.29, 0.717) is 29.4 Å². The van der Waals surface area contributed by atoms with Crippen molar-refractivity contribution in [3.63, 3.8) is 0 Å². The van der Waals surface area contributed by atoms with Crippen LogP contribution in [0.25, 0.3) is 0 Å².